The first-order valence-corrected chi connectivity index (χ1v) is 6.68. The number of benzene rings is 1. The number of rotatable bonds is 5. The number of carbonyl (C=O) groups is 2. The molecule has 1 heterocycles. The Hall–Kier alpha value is -1.68. The van der Waals surface area contributed by atoms with Crippen molar-refractivity contribution in [2.75, 3.05) is 7.05 Å². The highest BCUT2D eigenvalue weighted by Crippen LogP contribution is 2.12. The molecule has 1 aliphatic rings. The molecule has 0 spiro atoms. The third kappa shape index (κ3) is 3.41. The minimum absolute atomic E-state index is 0.0993. The maximum absolute atomic E-state index is 11.8. The number of carbonyl (C=O) groups excluding carboxylic acids is 2. The van der Waals surface area contributed by atoms with Crippen LogP contribution in [0.1, 0.15) is 25.3 Å². The third-order valence-electron chi connectivity index (χ3n) is 3.58. The van der Waals surface area contributed by atoms with Crippen molar-refractivity contribution in [2.24, 2.45) is 0 Å². The molecule has 19 heavy (non-hydrogen) atoms. The normalized spacial score (nSPS) is 20.9. The van der Waals surface area contributed by atoms with Crippen LogP contribution in [-0.4, -0.2) is 35.8 Å². The van der Waals surface area contributed by atoms with E-state index < -0.39 is 0 Å². The first-order valence-electron chi connectivity index (χ1n) is 6.68. The summed E-state index contributed by atoms with van der Waals surface area (Å²) in [6.45, 7) is 2.05. The van der Waals surface area contributed by atoms with Crippen molar-refractivity contribution < 1.29 is 9.59 Å². The molecule has 1 fully saturated rings. The summed E-state index contributed by atoms with van der Waals surface area (Å²) in [4.78, 5) is 24.4. The molecule has 1 aromatic rings. The molecule has 0 aromatic heterocycles. The minimum atomic E-state index is -0.344. The van der Waals surface area contributed by atoms with Gasteiger partial charge < -0.3 is 5.32 Å². The predicted molar refractivity (Wildman–Crippen MR) is 73.5 cm³/mol. The van der Waals surface area contributed by atoms with E-state index in [0.29, 0.717) is 0 Å². The second-order valence-electron chi connectivity index (χ2n) is 5.14. The minimum Gasteiger partial charge on any atom is -0.303 e. The number of hydrogen-bond donors (Lipinski definition) is 1. The zero-order valence-corrected chi connectivity index (χ0v) is 11.4. The average molecular weight is 260 g/mol. The molecule has 1 aromatic carbocycles. The predicted octanol–water partition coefficient (Wildman–Crippen LogP) is 1.35. The van der Waals surface area contributed by atoms with Crippen LogP contribution < -0.4 is 5.32 Å². The van der Waals surface area contributed by atoms with Gasteiger partial charge in [-0.25, -0.2) is 0 Å². The molecular formula is C15H20N2O2. The number of nitrogens with zero attached hydrogens (tertiary/aromatic N) is 1. The maximum atomic E-state index is 11.8. The Morgan fingerprint density at radius 1 is 1.32 bits per heavy atom. The summed E-state index contributed by atoms with van der Waals surface area (Å²) in [5.41, 5.74) is 1.29. The van der Waals surface area contributed by atoms with E-state index in [0.717, 1.165) is 12.8 Å². The Morgan fingerprint density at radius 2 is 2.00 bits per heavy atom. The van der Waals surface area contributed by atoms with E-state index in [4.69, 9.17) is 0 Å². The lowest BCUT2D eigenvalue weighted by Crippen LogP contribution is -2.42. The van der Waals surface area contributed by atoms with Crippen LogP contribution in [0, 0.1) is 0 Å². The molecule has 1 saturated heterocycles. The highest BCUT2D eigenvalue weighted by Gasteiger charge is 2.36. The van der Waals surface area contributed by atoms with Gasteiger partial charge in [-0.2, -0.15) is 0 Å². The largest absolute Gasteiger partial charge is 0.303 e. The zero-order chi connectivity index (χ0) is 13.8. The molecule has 0 bridgehead atoms. The molecule has 2 atom stereocenters. The Bertz CT molecular complexity index is 458. The van der Waals surface area contributed by atoms with Gasteiger partial charge in [-0.3, -0.25) is 14.5 Å². The molecule has 102 valence electrons. The van der Waals surface area contributed by atoms with Crippen molar-refractivity contribution in [1.82, 2.24) is 10.2 Å². The number of likely N-dealkylation sites (N-methyl/N-ethyl adjacent to an activating group) is 1. The van der Waals surface area contributed by atoms with Crippen LogP contribution in [0.3, 0.4) is 0 Å². The summed E-state index contributed by atoms with van der Waals surface area (Å²) < 4.78 is 0. The molecule has 2 amide bonds. The van der Waals surface area contributed by atoms with Crippen molar-refractivity contribution in [1.29, 1.82) is 0 Å². The summed E-state index contributed by atoms with van der Waals surface area (Å²) >= 11 is 0. The Balaban J connectivity index is 1.80. The SMILES string of the molecule is CC(CCc1ccccc1)NC1CC(=O)N(C)C1=O. The fourth-order valence-corrected chi connectivity index (χ4v) is 2.34. The van der Waals surface area contributed by atoms with E-state index in [9.17, 15) is 9.59 Å². The van der Waals surface area contributed by atoms with Crippen molar-refractivity contribution in [2.45, 2.75) is 38.3 Å². The van der Waals surface area contributed by atoms with Gasteiger partial charge in [-0.15, -0.1) is 0 Å². The van der Waals surface area contributed by atoms with Crippen LogP contribution in [0.5, 0.6) is 0 Å². The van der Waals surface area contributed by atoms with Crippen LogP contribution in [0.2, 0.25) is 0 Å². The highest BCUT2D eigenvalue weighted by atomic mass is 16.2. The van der Waals surface area contributed by atoms with Gasteiger partial charge >= 0.3 is 0 Å². The molecule has 1 aliphatic heterocycles. The van der Waals surface area contributed by atoms with Gasteiger partial charge in [-0.1, -0.05) is 30.3 Å². The summed E-state index contributed by atoms with van der Waals surface area (Å²) in [7, 11) is 1.54. The molecule has 1 N–H and O–H groups in total. The quantitative estimate of drug-likeness (QED) is 0.813. The van der Waals surface area contributed by atoms with Gasteiger partial charge in [0, 0.05) is 13.1 Å². The van der Waals surface area contributed by atoms with E-state index in [1.54, 1.807) is 7.05 Å². The van der Waals surface area contributed by atoms with Gasteiger partial charge in [0.2, 0.25) is 11.8 Å². The van der Waals surface area contributed by atoms with Crippen LogP contribution >= 0.6 is 0 Å². The number of likely N-dealkylation sites (tertiary alicyclic amines) is 1. The lowest BCUT2D eigenvalue weighted by molar-refractivity contribution is -0.137. The van der Waals surface area contributed by atoms with Crippen molar-refractivity contribution in [3.63, 3.8) is 0 Å². The lowest BCUT2D eigenvalue weighted by Gasteiger charge is -2.17. The topological polar surface area (TPSA) is 49.4 Å². The van der Waals surface area contributed by atoms with E-state index >= 15 is 0 Å². The fraction of sp³-hybridized carbons (Fsp3) is 0.467. The maximum Gasteiger partial charge on any atom is 0.246 e. The molecule has 0 radical (unpaired) electrons. The number of nitrogens with one attached hydrogen (secondary N) is 1. The van der Waals surface area contributed by atoms with Crippen molar-refractivity contribution in [3.05, 3.63) is 35.9 Å². The van der Waals surface area contributed by atoms with Gasteiger partial charge in [0.1, 0.15) is 0 Å². The molecule has 0 saturated carbocycles. The van der Waals surface area contributed by atoms with Crippen LogP contribution in [0.15, 0.2) is 30.3 Å². The average Bonchev–Trinajstić information content (AvgIpc) is 2.65. The summed E-state index contributed by atoms with van der Waals surface area (Å²) in [5.74, 6) is -0.214. The second kappa shape index (κ2) is 5.97. The van der Waals surface area contributed by atoms with Gasteiger partial charge in [-0.05, 0) is 25.3 Å². The fourth-order valence-electron chi connectivity index (χ4n) is 2.34. The van der Waals surface area contributed by atoms with Crippen molar-refractivity contribution >= 4 is 11.8 Å². The number of imide groups is 1. The summed E-state index contributed by atoms with van der Waals surface area (Å²) in [5, 5.41) is 3.25. The first-order chi connectivity index (χ1) is 9.08. The number of aryl methyl sites for hydroxylation is 1. The smallest absolute Gasteiger partial charge is 0.246 e. The Kier molecular flexibility index (Phi) is 4.32. The molecule has 4 heteroatoms. The zero-order valence-electron chi connectivity index (χ0n) is 11.4. The molecule has 2 unspecified atom stereocenters. The number of hydrogen-bond acceptors (Lipinski definition) is 3. The van der Waals surface area contributed by atoms with Gasteiger partial charge in [0.05, 0.1) is 12.5 Å². The van der Waals surface area contributed by atoms with E-state index in [2.05, 4.69) is 24.4 Å². The molecule has 4 nitrogen and oxygen atoms in total. The molecule has 0 aliphatic carbocycles. The van der Waals surface area contributed by atoms with Crippen LogP contribution in [0.25, 0.3) is 0 Å². The lowest BCUT2D eigenvalue weighted by atomic mass is 10.1. The van der Waals surface area contributed by atoms with E-state index in [-0.39, 0.29) is 30.3 Å². The van der Waals surface area contributed by atoms with Gasteiger partial charge in [0.15, 0.2) is 0 Å². The van der Waals surface area contributed by atoms with E-state index in [1.807, 2.05) is 18.2 Å². The van der Waals surface area contributed by atoms with Crippen LogP contribution in [-0.2, 0) is 16.0 Å². The highest BCUT2D eigenvalue weighted by molar-refractivity contribution is 6.05. The number of amides is 2. The first kappa shape index (κ1) is 13.7. The Morgan fingerprint density at radius 3 is 2.58 bits per heavy atom. The van der Waals surface area contributed by atoms with Crippen LogP contribution in [0.4, 0.5) is 0 Å². The van der Waals surface area contributed by atoms with E-state index in [1.165, 1.54) is 10.5 Å². The van der Waals surface area contributed by atoms with Crippen molar-refractivity contribution in [3.8, 4) is 0 Å². The molecular weight excluding hydrogens is 240 g/mol. The molecule has 2 rings (SSSR count). The standard InChI is InChI=1S/C15H20N2O2/c1-11(8-9-12-6-4-3-5-7-12)16-13-10-14(18)17(2)15(13)19/h3-7,11,13,16H,8-10H2,1-2H3. The summed E-state index contributed by atoms with van der Waals surface area (Å²) in [6.07, 6.45) is 2.20. The summed E-state index contributed by atoms with van der Waals surface area (Å²) in [6, 6.07) is 10.1. The second-order valence-corrected chi connectivity index (χ2v) is 5.14. The Labute approximate surface area is 113 Å². The monoisotopic (exact) mass is 260 g/mol. The third-order valence-corrected chi connectivity index (χ3v) is 3.58. The van der Waals surface area contributed by atoms with Gasteiger partial charge in [0.25, 0.3) is 0 Å².